The van der Waals surface area contributed by atoms with Crippen molar-refractivity contribution < 1.29 is 23.8 Å². The summed E-state index contributed by atoms with van der Waals surface area (Å²) in [5.41, 5.74) is 0.971. The zero-order valence-electron chi connectivity index (χ0n) is 16.5. The third kappa shape index (κ3) is 4.16. The molecule has 0 atom stereocenters. The minimum Gasteiger partial charge on any atom is -0.496 e. The third-order valence-electron chi connectivity index (χ3n) is 5.04. The Kier molecular flexibility index (Phi) is 6.28. The number of fused-ring (bicyclic) bond motifs is 1. The quantitative estimate of drug-likeness (QED) is 0.643. The minimum absolute atomic E-state index is 0.0306. The molecule has 1 fully saturated rings. The molecule has 1 aromatic carbocycles. The largest absolute Gasteiger partial charge is 0.496 e. The lowest BCUT2D eigenvalue weighted by atomic mass is 10.2. The van der Waals surface area contributed by atoms with Crippen molar-refractivity contribution in [2.45, 2.75) is 38.1 Å². The van der Waals surface area contributed by atoms with Gasteiger partial charge in [-0.25, -0.2) is 0 Å². The first-order valence-electron chi connectivity index (χ1n) is 9.46. The van der Waals surface area contributed by atoms with Gasteiger partial charge in [0.25, 0.3) is 5.91 Å². The molecule has 2 amide bonds. The molecule has 1 heterocycles. The van der Waals surface area contributed by atoms with Crippen molar-refractivity contribution in [3.8, 4) is 17.2 Å². The molecule has 3 rings (SSSR count). The number of hydrogen-bond acceptors (Lipinski definition) is 5. The Morgan fingerprint density at radius 2 is 1.79 bits per heavy atom. The monoisotopic (exact) mass is 389 g/mol. The molecule has 2 aromatic rings. The number of carbonyl (C=O) groups is 2. The van der Waals surface area contributed by atoms with Crippen LogP contribution >= 0.6 is 0 Å². The van der Waals surface area contributed by atoms with Gasteiger partial charge in [0.05, 0.1) is 26.8 Å². The van der Waals surface area contributed by atoms with Gasteiger partial charge in [-0.3, -0.25) is 9.59 Å². The summed E-state index contributed by atoms with van der Waals surface area (Å²) >= 11 is 0. The summed E-state index contributed by atoms with van der Waals surface area (Å²) in [5, 5.41) is 6.50. The Labute approximate surface area is 163 Å². The number of H-pyrrole nitrogens is 1. The van der Waals surface area contributed by atoms with Gasteiger partial charge < -0.3 is 29.8 Å². The van der Waals surface area contributed by atoms with Crippen molar-refractivity contribution in [3.05, 3.63) is 17.8 Å². The van der Waals surface area contributed by atoms with E-state index in [0.29, 0.717) is 33.8 Å². The fraction of sp³-hybridized carbons (Fsp3) is 0.500. The van der Waals surface area contributed by atoms with E-state index in [2.05, 4.69) is 15.6 Å². The summed E-state index contributed by atoms with van der Waals surface area (Å²) in [5.74, 6) is 1.24. The molecule has 1 aliphatic carbocycles. The zero-order valence-corrected chi connectivity index (χ0v) is 16.5. The first kappa shape index (κ1) is 19.9. The molecule has 8 heteroatoms. The van der Waals surface area contributed by atoms with Gasteiger partial charge in [0, 0.05) is 30.5 Å². The second kappa shape index (κ2) is 8.86. The molecule has 1 aromatic heterocycles. The average Bonchev–Trinajstić information content (AvgIpc) is 3.36. The molecular formula is C20H27N3O5. The van der Waals surface area contributed by atoms with Crippen molar-refractivity contribution in [2.75, 3.05) is 27.9 Å². The average molecular weight is 389 g/mol. The smallest absolute Gasteiger partial charge is 0.267 e. The summed E-state index contributed by atoms with van der Waals surface area (Å²) in [4.78, 5) is 27.5. The molecule has 0 unspecified atom stereocenters. The highest BCUT2D eigenvalue weighted by molar-refractivity contribution is 6.02. The summed E-state index contributed by atoms with van der Waals surface area (Å²) in [6.07, 6.45) is 4.67. The summed E-state index contributed by atoms with van der Waals surface area (Å²) < 4.78 is 16.2. The molecule has 0 saturated heterocycles. The van der Waals surface area contributed by atoms with Crippen LogP contribution in [-0.2, 0) is 4.79 Å². The highest BCUT2D eigenvalue weighted by Gasteiger charge is 2.20. The number of hydrogen-bond donors (Lipinski definition) is 3. The molecular weight excluding hydrogens is 362 g/mol. The van der Waals surface area contributed by atoms with E-state index >= 15 is 0 Å². The van der Waals surface area contributed by atoms with E-state index in [1.807, 2.05) is 0 Å². The lowest BCUT2D eigenvalue weighted by Gasteiger charge is -2.11. The SMILES string of the molecule is COc1cc(OC)c2cc(C(=O)NCCC(=O)NC3CCCC3)[nH]c2c1OC. The molecule has 8 nitrogen and oxygen atoms in total. The molecule has 1 saturated carbocycles. The summed E-state index contributed by atoms with van der Waals surface area (Å²) in [6.45, 7) is 0.268. The van der Waals surface area contributed by atoms with E-state index in [-0.39, 0.29) is 30.8 Å². The van der Waals surface area contributed by atoms with E-state index in [0.717, 1.165) is 12.8 Å². The van der Waals surface area contributed by atoms with E-state index in [4.69, 9.17) is 14.2 Å². The first-order valence-corrected chi connectivity index (χ1v) is 9.46. The van der Waals surface area contributed by atoms with E-state index in [9.17, 15) is 9.59 Å². The Morgan fingerprint density at radius 3 is 2.43 bits per heavy atom. The molecule has 0 aliphatic heterocycles. The first-order chi connectivity index (χ1) is 13.6. The highest BCUT2D eigenvalue weighted by Crippen LogP contribution is 2.41. The summed E-state index contributed by atoms with van der Waals surface area (Å²) in [6, 6.07) is 3.69. The van der Waals surface area contributed by atoms with Crippen molar-refractivity contribution >= 4 is 22.7 Å². The van der Waals surface area contributed by atoms with Gasteiger partial charge in [-0.05, 0) is 18.9 Å². The Morgan fingerprint density at radius 1 is 1.07 bits per heavy atom. The maximum absolute atomic E-state index is 12.5. The topological polar surface area (TPSA) is 102 Å². The molecule has 3 N–H and O–H groups in total. The number of aromatic nitrogens is 1. The van der Waals surface area contributed by atoms with E-state index in [1.54, 1.807) is 19.2 Å². The Balaban J connectivity index is 1.67. The number of nitrogens with one attached hydrogen (secondary N) is 3. The Hall–Kier alpha value is -2.90. The lowest BCUT2D eigenvalue weighted by molar-refractivity contribution is -0.121. The molecule has 0 bridgehead atoms. The normalized spacial score (nSPS) is 14.1. The van der Waals surface area contributed by atoms with Crippen LogP contribution in [0.3, 0.4) is 0 Å². The standard InChI is InChI=1S/C20H27N3O5/c1-26-15-11-16(27-2)19(28-3)18-13(15)10-14(23-18)20(25)21-9-8-17(24)22-12-6-4-5-7-12/h10-12,23H,4-9H2,1-3H3,(H,21,25)(H,22,24). The van der Waals surface area contributed by atoms with Gasteiger partial charge in [0.15, 0.2) is 11.5 Å². The number of rotatable bonds is 8. The van der Waals surface area contributed by atoms with Crippen molar-refractivity contribution in [2.24, 2.45) is 0 Å². The van der Waals surface area contributed by atoms with Crippen molar-refractivity contribution in [3.63, 3.8) is 0 Å². The predicted molar refractivity (Wildman–Crippen MR) is 105 cm³/mol. The van der Waals surface area contributed by atoms with Crippen LogP contribution in [0.4, 0.5) is 0 Å². The van der Waals surface area contributed by atoms with Gasteiger partial charge in [-0.2, -0.15) is 0 Å². The van der Waals surface area contributed by atoms with E-state index in [1.165, 1.54) is 27.1 Å². The number of benzene rings is 1. The van der Waals surface area contributed by atoms with Crippen molar-refractivity contribution in [1.82, 2.24) is 15.6 Å². The van der Waals surface area contributed by atoms with Crippen LogP contribution in [0.25, 0.3) is 10.9 Å². The fourth-order valence-electron chi connectivity index (χ4n) is 3.61. The number of carbonyl (C=O) groups excluding carboxylic acids is 2. The zero-order chi connectivity index (χ0) is 20.1. The van der Waals surface area contributed by atoms with Crippen LogP contribution in [0.15, 0.2) is 12.1 Å². The number of amides is 2. The van der Waals surface area contributed by atoms with Crippen LogP contribution < -0.4 is 24.8 Å². The van der Waals surface area contributed by atoms with Crippen LogP contribution in [0.2, 0.25) is 0 Å². The van der Waals surface area contributed by atoms with Crippen LogP contribution in [0.5, 0.6) is 17.2 Å². The maximum atomic E-state index is 12.5. The highest BCUT2D eigenvalue weighted by atomic mass is 16.5. The number of aromatic amines is 1. The fourth-order valence-corrected chi connectivity index (χ4v) is 3.61. The van der Waals surface area contributed by atoms with Crippen LogP contribution in [0, 0.1) is 0 Å². The second-order valence-corrected chi connectivity index (χ2v) is 6.84. The molecule has 28 heavy (non-hydrogen) atoms. The van der Waals surface area contributed by atoms with Gasteiger partial charge >= 0.3 is 0 Å². The predicted octanol–water partition coefficient (Wildman–Crippen LogP) is 2.37. The maximum Gasteiger partial charge on any atom is 0.267 e. The molecule has 0 radical (unpaired) electrons. The lowest BCUT2D eigenvalue weighted by Crippen LogP contribution is -2.35. The summed E-state index contributed by atoms with van der Waals surface area (Å²) in [7, 11) is 4.63. The minimum atomic E-state index is -0.298. The third-order valence-corrected chi connectivity index (χ3v) is 5.04. The van der Waals surface area contributed by atoms with Gasteiger partial charge in [0.2, 0.25) is 5.91 Å². The molecule has 1 aliphatic rings. The molecule has 152 valence electrons. The molecule has 0 spiro atoms. The van der Waals surface area contributed by atoms with Gasteiger partial charge in [-0.1, -0.05) is 12.8 Å². The van der Waals surface area contributed by atoms with Crippen LogP contribution in [0.1, 0.15) is 42.6 Å². The van der Waals surface area contributed by atoms with Crippen molar-refractivity contribution in [1.29, 1.82) is 0 Å². The van der Waals surface area contributed by atoms with Crippen LogP contribution in [-0.4, -0.2) is 50.7 Å². The van der Waals surface area contributed by atoms with E-state index < -0.39 is 0 Å². The second-order valence-electron chi connectivity index (χ2n) is 6.84. The number of ether oxygens (including phenoxy) is 3. The van der Waals surface area contributed by atoms with Gasteiger partial charge in [0.1, 0.15) is 11.4 Å². The number of methoxy groups -OCH3 is 3. The Bertz CT molecular complexity index is 855. The van der Waals surface area contributed by atoms with Gasteiger partial charge in [-0.15, -0.1) is 0 Å².